The highest BCUT2D eigenvalue weighted by molar-refractivity contribution is 5.94. The topological polar surface area (TPSA) is 42.0 Å². The number of rotatable bonds is 3. The van der Waals surface area contributed by atoms with Gasteiger partial charge in [-0.15, -0.1) is 0 Å². The van der Waals surface area contributed by atoms with Crippen molar-refractivity contribution in [3.8, 4) is 0 Å². The Kier molecular flexibility index (Phi) is 2.92. The lowest BCUT2D eigenvalue weighted by Crippen LogP contribution is -2.27. The van der Waals surface area contributed by atoms with Gasteiger partial charge in [0.25, 0.3) is 5.91 Å². The van der Waals surface area contributed by atoms with Crippen LogP contribution >= 0.6 is 0 Å². The molecule has 1 N–H and O–H groups in total. The summed E-state index contributed by atoms with van der Waals surface area (Å²) in [7, 11) is 0. The molecule has 4 heteroatoms. The third-order valence-electron chi connectivity index (χ3n) is 4.80. The second-order valence-corrected chi connectivity index (χ2v) is 6.06. The van der Waals surface area contributed by atoms with Crippen LogP contribution < -0.4 is 5.32 Å². The molecular weight excluding hydrogens is 231 g/mol. The van der Waals surface area contributed by atoms with Crippen molar-refractivity contribution < 1.29 is 9.18 Å². The van der Waals surface area contributed by atoms with Crippen molar-refractivity contribution >= 4 is 5.91 Å². The van der Waals surface area contributed by atoms with E-state index in [2.05, 4.69) is 38.0 Å². The molecule has 2 rings (SSSR count). The fourth-order valence-electron chi connectivity index (χ4n) is 2.69. The third kappa shape index (κ3) is 1.89. The minimum atomic E-state index is -0.579. The van der Waals surface area contributed by atoms with Crippen LogP contribution in [0.4, 0.5) is 4.39 Å². The molecule has 1 aromatic heterocycles. The second kappa shape index (κ2) is 4.04. The largest absolute Gasteiger partial charge is 0.352 e. The number of nitrogens with one attached hydrogen (secondary N) is 1. The van der Waals surface area contributed by atoms with Crippen molar-refractivity contribution in [2.75, 3.05) is 6.54 Å². The Hall–Kier alpha value is -1.45. The molecule has 1 amide bonds. The van der Waals surface area contributed by atoms with Crippen molar-refractivity contribution in [3.05, 3.63) is 29.8 Å². The number of amides is 1. The van der Waals surface area contributed by atoms with E-state index in [1.165, 1.54) is 12.3 Å². The molecule has 1 aliphatic rings. The van der Waals surface area contributed by atoms with Crippen LogP contribution in [0.2, 0.25) is 0 Å². The van der Waals surface area contributed by atoms with E-state index in [1.54, 1.807) is 0 Å². The van der Waals surface area contributed by atoms with Crippen molar-refractivity contribution in [3.63, 3.8) is 0 Å². The summed E-state index contributed by atoms with van der Waals surface area (Å²) in [6, 6.07) is 1.40. The molecule has 0 atom stereocenters. The first-order valence-electron chi connectivity index (χ1n) is 6.16. The standard InChI is InChI=1S/C14H19FN2O/c1-13(2)11(14(13,3)4)8-17-12(18)9-5-6-16-7-10(9)15/h5-7,11H,8H2,1-4H3,(H,17,18). The van der Waals surface area contributed by atoms with Gasteiger partial charge < -0.3 is 5.32 Å². The van der Waals surface area contributed by atoms with Crippen LogP contribution in [0.15, 0.2) is 18.5 Å². The Morgan fingerprint density at radius 2 is 2.00 bits per heavy atom. The summed E-state index contributed by atoms with van der Waals surface area (Å²) in [6.45, 7) is 9.35. The maximum Gasteiger partial charge on any atom is 0.254 e. The summed E-state index contributed by atoms with van der Waals surface area (Å²) in [5.41, 5.74) is 0.495. The normalized spacial score (nSPS) is 20.5. The summed E-state index contributed by atoms with van der Waals surface area (Å²) in [4.78, 5) is 15.5. The molecule has 0 spiro atoms. The van der Waals surface area contributed by atoms with E-state index < -0.39 is 5.82 Å². The highest BCUT2D eigenvalue weighted by Crippen LogP contribution is 2.67. The molecule has 1 saturated carbocycles. The average molecular weight is 250 g/mol. The summed E-state index contributed by atoms with van der Waals surface area (Å²) >= 11 is 0. The second-order valence-electron chi connectivity index (χ2n) is 6.06. The van der Waals surface area contributed by atoms with Gasteiger partial charge in [0, 0.05) is 12.7 Å². The Bertz CT molecular complexity index is 468. The SMILES string of the molecule is CC1(C)C(CNC(=O)c2ccncc2F)C1(C)C. The summed E-state index contributed by atoms with van der Waals surface area (Å²) in [6.07, 6.45) is 2.48. The van der Waals surface area contributed by atoms with Crippen molar-refractivity contribution in [2.45, 2.75) is 27.7 Å². The zero-order valence-corrected chi connectivity index (χ0v) is 11.2. The van der Waals surface area contributed by atoms with Gasteiger partial charge in [0.1, 0.15) is 0 Å². The Morgan fingerprint density at radius 1 is 1.39 bits per heavy atom. The van der Waals surface area contributed by atoms with Gasteiger partial charge >= 0.3 is 0 Å². The molecule has 1 aromatic rings. The maximum atomic E-state index is 13.4. The fourth-order valence-corrected chi connectivity index (χ4v) is 2.69. The van der Waals surface area contributed by atoms with Gasteiger partial charge in [-0.2, -0.15) is 0 Å². The van der Waals surface area contributed by atoms with E-state index in [1.807, 2.05) is 0 Å². The third-order valence-corrected chi connectivity index (χ3v) is 4.80. The van der Waals surface area contributed by atoms with E-state index in [4.69, 9.17) is 0 Å². The number of carbonyl (C=O) groups is 1. The molecule has 0 bridgehead atoms. The van der Waals surface area contributed by atoms with Gasteiger partial charge in [-0.25, -0.2) is 4.39 Å². The summed E-state index contributed by atoms with van der Waals surface area (Å²) in [5.74, 6) is -0.517. The molecule has 98 valence electrons. The van der Waals surface area contributed by atoms with Gasteiger partial charge in [0.15, 0.2) is 5.82 Å². The van der Waals surface area contributed by atoms with Crippen LogP contribution in [-0.2, 0) is 0 Å². The smallest absolute Gasteiger partial charge is 0.254 e. The van der Waals surface area contributed by atoms with Crippen LogP contribution in [0.5, 0.6) is 0 Å². The number of aromatic nitrogens is 1. The molecule has 0 aromatic carbocycles. The first-order valence-corrected chi connectivity index (χ1v) is 6.16. The van der Waals surface area contributed by atoms with Crippen LogP contribution in [0, 0.1) is 22.6 Å². The lowest BCUT2D eigenvalue weighted by molar-refractivity contribution is 0.0945. The highest BCUT2D eigenvalue weighted by Gasteiger charge is 2.64. The number of hydrogen-bond donors (Lipinski definition) is 1. The maximum absolute atomic E-state index is 13.4. The number of nitrogens with zero attached hydrogens (tertiary/aromatic N) is 1. The van der Waals surface area contributed by atoms with Gasteiger partial charge in [0.05, 0.1) is 11.8 Å². The van der Waals surface area contributed by atoms with Crippen LogP contribution in [0.25, 0.3) is 0 Å². The van der Waals surface area contributed by atoms with E-state index in [0.717, 1.165) is 6.20 Å². The summed E-state index contributed by atoms with van der Waals surface area (Å²) in [5, 5.41) is 2.81. The molecule has 18 heavy (non-hydrogen) atoms. The lowest BCUT2D eigenvalue weighted by atomic mass is 10.0. The molecule has 0 radical (unpaired) electrons. The van der Waals surface area contributed by atoms with Gasteiger partial charge in [0.2, 0.25) is 0 Å². The Labute approximate surface area is 107 Å². The molecule has 1 aliphatic carbocycles. The zero-order chi connectivity index (χ0) is 13.6. The molecular formula is C14H19FN2O. The Morgan fingerprint density at radius 3 is 2.50 bits per heavy atom. The first-order chi connectivity index (χ1) is 8.28. The van der Waals surface area contributed by atoms with Crippen LogP contribution in [-0.4, -0.2) is 17.4 Å². The zero-order valence-electron chi connectivity index (χ0n) is 11.2. The van der Waals surface area contributed by atoms with Crippen molar-refractivity contribution in [1.29, 1.82) is 0 Å². The average Bonchev–Trinajstić information content (AvgIpc) is 2.67. The minimum Gasteiger partial charge on any atom is -0.352 e. The molecule has 0 aliphatic heterocycles. The van der Waals surface area contributed by atoms with Crippen molar-refractivity contribution in [1.82, 2.24) is 10.3 Å². The number of pyridine rings is 1. The van der Waals surface area contributed by atoms with E-state index in [-0.39, 0.29) is 22.3 Å². The predicted molar refractivity (Wildman–Crippen MR) is 67.6 cm³/mol. The minimum absolute atomic E-state index is 0.0567. The van der Waals surface area contributed by atoms with Crippen LogP contribution in [0.3, 0.4) is 0 Å². The monoisotopic (exact) mass is 250 g/mol. The molecule has 3 nitrogen and oxygen atoms in total. The first kappa shape index (κ1) is 13.0. The molecule has 1 fully saturated rings. The number of carbonyl (C=O) groups excluding carboxylic acids is 1. The predicted octanol–water partition coefficient (Wildman–Crippen LogP) is 2.63. The fraction of sp³-hybridized carbons (Fsp3) is 0.571. The van der Waals surface area contributed by atoms with E-state index in [0.29, 0.717) is 12.5 Å². The van der Waals surface area contributed by atoms with Crippen molar-refractivity contribution in [2.24, 2.45) is 16.7 Å². The van der Waals surface area contributed by atoms with Gasteiger partial charge in [-0.3, -0.25) is 9.78 Å². The Balaban J connectivity index is 1.97. The molecule has 0 saturated heterocycles. The van der Waals surface area contributed by atoms with E-state index >= 15 is 0 Å². The number of halogens is 1. The highest BCUT2D eigenvalue weighted by atomic mass is 19.1. The van der Waals surface area contributed by atoms with Gasteiger partial charge in [-0.05, 0) is 22.8 Å². The summed E-state index contributed by atoms with van der Waals surface area (Å²) < 4.78 is 13.4. The number of hydrogen-bond acceptors (Lipinski definition) is 2. The van der Waals surface area contributed by atoms with E-state index in [9.17, 15) is 9.18 Å². The molecule has 1 heterocycles. The van der Waals surface area contributed by atoms with Crippen LogP contribution in [0.1, 0.15) is 38.1 Å². The van der Waals surface area contributed by atoms with Gasteiger partial charge in [-0.1, -0.05) is 27.7 Å². The quantitative estimate of drug-likeness (QED) is 0.896. The lowest BCUT2D eigenvalue weighted by Gasteiger charge is -2.06. The molecule has 0 unspecified atom stereocenters.